The Hall–Kier alpha value is -1.49. The summed E-state index contributed by atoms with van der Waals surface area (Å²) in [5.74, 6) is -1.89. The van der Waals surface area contributed by atoms with E-state index in [2.05, 4.69) is 5.32 Å². The van der Waals surface area contributed by atoms with Crippen LogP contribution in [0.4, 0.5) is 8.78 Å². The first-order valence-electron chi connectivity index (χ1n) is 8.58. The van der Waals surface area contributed by atoms with Crippen LogP contribution in [0.2, 0.25) is 0 Å². The normalized spacial score (nSPS) is 23.1. The minimum Gasteiger partial charge on any atom is -0.336 e. The third kappa shape index (κ3) is 3.39. The largest absolute Gasteiger partial charge is 0.336 e. The smallest absolute Gasteiger partial charge is 0.254 e. The lowest BCUT2D eigenvalue weighted by Crippen LogP contribution is -2.42. The molecule has 3 rings (SSSR count). The maximum Gasteiger partial charge on any atom is 0.254 e. The second-order valence-corrected chi connectivity index (χ2v) is 6.73. The molecule has 0 bridgehead atoms. The molecule has 1 atom stereocenters. The molecule has 2 aliphatic heterocycles. The van der Waals surface area contributed by atoms with Crippen molar-refractivity contribution in [1.29, 1.82) is 0 Å². The molecule has 1 N–H and O–H groups in total. The standard InChI is InChI=1S/C18H24F2N2O/c1-12-4-2-3-9-22(12)18(23)14-10-15(17(20)16(19)11-14)13-5-7-21-8-6-13/h10-13,21H,2-9H2,1H3. The van der Waals surface area contributed by atoms with Crippen molar-refractivity contribution in [2.75, 3.05) is 19.6 Å². The van der Waals surface area contributed by atoms with E-state index < -0.39 is 11.6 Å². The highest BCUT2D eigenvalue weighted by atomic mass is 19.2. The zero-order valence-corrected chi connectivity index (χ0v) is 13.6. The molecule has 0 saturated carbocycles. The maximum absolute atomic E-state index is 14.2. The molecule has 2 fully saturated rings. The van der Waals surface area contributed by atoms with Crippen molar-refractivity contribution in [3.8, 4) is 0 Å². The van der Waals surface area contributed by atoms with Gasteiger partial charge in [-0.05, 0) is 75.7 Å². The van der Waals surface area contributed by atoms with Gasteiger partial charge in [-0.15, -0.1) is 0 Å². The van der Waals surface area contributed by atoms with Crippen LogP contribution in [0.1, 0.15) is 60.9 Å². The van der Waals surface area contributed by atoms with Gasteiger partial charge in [0.2, 0.25) is 0 Å². The van der Waals surface area contributed by atoms with Gasteiger partial charge in [0.1, 0.15) is 0 Å². The lowest BCUT2D eigenvalue weighted by Gasteiger charge is -2.33. The Morgan fingerprint density at radius 3 is 2.61 bits per heavy atom. The Balaban J connectivity index is 1.90. The van der Waals surface area contributed by atoms with Crippen LogP contribution in [0.3, 0.4) is 0 Å². The van der Waals surface area contributed by atoms with Crippen LogP contribution >= 0.6 is 0 Å². The van der Waals surface area contributed by atoms with E-state index in [9.17, 15) is 13.6 Å². The average molecular weight is 322 g/mol. The molecule has 23 heavy (non-hydrogen) atoms. The number of hydrogen-bond acceptors (Lipinski definition) is 2. The zero-order valence-electron chi connectivity index (χ0n) is 13.6. The van der Waals surface area contributed by atoms with Gasteiger partial charge in [-0.3, -0.25) is 4.79 Å². The summed E-state index contributed by atoms with van der Waals surface area (Å²) in [4.78, 5) is 14.5. The second-order valence-electron chi connectivity index (χ2n) is 6.73. The second kappa shape index (κ2) is 6.95. The predicted molar refractivity (Wildman–Crippen MR) is 85.6 cm³/mol. The minimum atomic E-state index is -0.908. The molecule has 1 amide bonds. The predicted octanol–water partition coefficient (Wildman–Crippen LogP) is 3.45. The number of carbonyl (C=O) groups excluding carboxylic acids is 1. The van der Waals surface area contributed by atoms with Gasteiger partial charge in [0.05, 0.1) is 0 Å². The minimum absolute atomic E-state index is 0.0164. The van der Waals surface area contributed by atoms with Crippen LogP contribution in [0, 0.1) is 11.6 Å². The first-order valence-corrected chi connectivity index (χ1v) is 8.58. The van der Waals surface area contributed by atoms with Crippen molar-refractivity contribution in [3.63, 3.8) is 0 Å². The van der Waals surface area contributed by atoms with Crippen molar-refractivity contribution in [3.05, 3.63) is 34.9 Å². The van der Waals surface area contributed by atoms with E-state index in [-0.39, 0.29) is 23.4 Å². The van der Waals surface area contributed by atoms with Crippen molar-refractivity contribution in [2.45, 2.75) is 51.0 Å². The quantitative estimate of drug-likeness (QED) is 0.904. The molecule has 3 nitrogen and oxygen atoms in total. The Kier molecular flexibility index (Phi) is 4.95. The molecule has 2 aliphatic rings. The summed E-state index contributed by atoms with van der Waals surface area (Å²) in [6.45, 7) is 4.31. The molecule has 5 heteroatoms. The van der Waals surface area contributed by atoms with Crippen LogP contribution in [0.5, 0.6) is 0 Å². The molecule has 1 aromatic carbocycles. The Bertz CT molecular complexity index is 585. The van der Waals surface area contributed by atoms with Crippen molar-refractivity contribution >= 4 is 5.91 Å². The van der Waals surface area contributed by atoms with Gasteiger partial charge in [0, 0.05) is 18.2 Å². The van der Waals surface area contributed by atoms with Crippen LogP contribution in [-0.2, 0) is 0 Å². The summed E-state index contributed by atoms with van der Waals surface area (Å²) >= 11 is 0. The highest BCUT2D eigenvalue weighted by Gasteiger charge is 2.27. The molecular formula is C18H24F2N2O. The van der Waals surface area contributed by atoms with Gasteiger partial charge in [0.15, 0.2) is 11.6 Å². The SMILES string of the molecule is CC1CCCCN1C(=O)c1cc(F)c(F)c(C2CCNCC2)c1. The number of rotatable bonds is 2. The van der Waals surface area contributed by atoms with Crippen molar-refractivity contribution in [2.24, 2.45) is 0 Å². The molecule has 2 saturated heterocycles. The fourth-order valence-electron chi connectivity index (χ4n) is 3.73. The fraction of sp³-hybridized carbons (Fsp3) is 0.611. The number of likely N-dealkylation sites (tertiary alicyclic amines) is 1. The third-order valence-electron chi connectivity index (χ3n) is 5.15. The Labute approximate surface area is 136 Å². The van der Waals surface area contributed by atoms with E-state index in [4.69, 9.17) is 0 Å². The number of nitrogens with one attached hydrogen (secondary N) is 1. The Morgan fingerprint density at radius 2 is 1.91 bits per heavy atom. The summed E-state index contributed by atoms with van der Waals surface area (Å²) in [6.07, 6.45) is 4.60. The van der Waals surface area contributed by atoms with Crippen LogP contribution in [-0.4, -0.2) is 36.5 Å². The van der Waals surface area contributed by atoms with Gasteiger partial charge in [0.25, 0.3) is 5.91 Å². The highest BCUT2D eigenvalue weighted by molar-refractivity contribution is 5.94. The van der Waals surface area contributed by atoms with Gasteiger partial charge >= 0.3 is 0 Å². The van der Waals surface area contributed by atoms with Gasteiger partial charge in [-0.25, -0.2) is 8.78 Å². The van der Waals surface area contributed by atoms with E-state index in [0.29, 0.717) is 12.1 Å². The van der Waals surface area contributed by atoms with E-state index in [0.717, 1.165) is 51.3 Å². The van der Waals surface area contributed by atoms with Crippen molar-refractivity contribution < 1.29 is 13.6 Å². The van der Waals surface area contributed by atoms with Gasteiger partial charge < -0.3 is 10.2 Å². The molecule has 0 radical (unpaired) electrons. The molecular weight excluding hydrogens is 298 g/mol. The van der Waals surface area contributed by atoms with Crippen LogP contribution in [0.15, 0.2) is 12.1 Å². The maximum atomic E-state index is 14.2. The van der Waals surface area contributed by atoms with E-state index >= 15 is 0 Å². The molecule has 126 valence electrons. The summed E-state index contributed by atoms with van der Waals surface area (Å²) in [7, 11) is 0. The monoisotopic (exact) mass is 322 g/mol. The van der Waals surface area contributed by atoms with Crippen molar-refractivity contribution in [1.82, 2.24) is 10.2 Å². The first kappa shape index (κ1) is 16.4. The first-order chi connectivity index (χ1) is 11.1. The molecule has 0 spiro atoms. The molecule has 0 aromatic heterocycles. The van der Waals surface area contributed by atoms with Crippen LogP contribution in [0.25, 0.3) is 0 Å². The average Bonchev–Trinajstić information content (AvgIpc) is 2.58. The number of carbonyl (C=O) groups is 1. The molecule has 2 heterocycles. The summed E-state index contributed by atoms with van der Waals surface area (Å²) in [5, 5.41) is 3.22. The summed E-state index contributed by atoms with van der Waals surface area (Å²) < 4.78 is 28.3. The third-order valence-corrected chi connectivity index (χ3v) is 5.15. The van der Waals surface area contributed by atoms with E-state index in [1.54, 1.807) is 11.0 Å². The lowest BCUT2D eigenvalue weighted by atomic mass is 9.88. The number of benzene rings is 1. The van der Waals surface area contributed by atoms with Gasteiger partial charge in [-0.1, -0.05) is 0 Å². The summed E-state index contributed by atoms with van der Waals surface area (Å²) in [6, 6.07) is 2.80. The van der Waals surface area contributed by atoms with E-state index in [1.807, 2.05) is 6.92 Å². The highest BCUT2D eigenvalue weighted by Crippen LogP contribution is 2.30. The molecule has 1 aromatic rings. The topological polar surface area (TPSA) is 32.3 Å². The van der Waals surface area contributed by atoms with E-state index in [1.165, 1.54) is 0 Å². The lowest BCUT2D eigenvalue weighted by molar-refractivity contribution is 0.0635. The number of piperidine rings is 2. The number of amides is 1. The summed E-state index contributed by atoms with van der Waals surface area (Å²) in [5.41, 5.74) is 0.644. The Morgan fingerprint density at radius 1 is 1.17 bits per heavy atom. The fourth-order valence-corrected chi connectivity index (χ4v) is 3.73. The van der Waals surface area contributed by atoms with Gasteiger partial charge in [-0.2, -0.15) is 0 Å². The molecule has 0 aliphatic carbocycles. The molecule has 1 unspecified atom stereocenters. The number of nitrogens with zero attached hydrogens (tertiary/aromatic N) is 1. The number of hydrogen-bond donors (Lipinski definition) is 1. The zero-order chi connectivity index (χ0) is 16.4. The van der Waals surface area contributed by atoms with Crippen LogP contribution < -0.4 is 5.32 Å². The number of halogens is 2.